The van der Waals surface area contributed by atoms with Crippen LogP contribution in [-0.4, -0.2) is 273 Å². The fourth-order valence-corrected chi connectivity index (χ4v) is 18.1. The minimum atomic E-state index is -2.47. The van der Waals surface area contributed by atoms with E-state index in [0.29, 0.717) is 182 Å². The highest BCUT2D eigenvalue weighted by atomic mass is 16.6. The van der Waals surface area contributed by atoms with Gasteiger partial charge < -0.3 is 88.6 Å². The van der Waals surface area contributed by atoms with Crippen molar-refractivity contribution < 1.29 is 90.8 Å². The molecule has 35 nitrogen and oxygen atoms in total. The molecule has 2 amide bonds. The molecule has 7 N–H and O–H groups in total. The number of methoxy groups -OCH3 is 3. The third kappa shape index (κ3) is 27.6. The Hall–Kier alpha value is -10.0. The maximum absolute atomic E-state index is 14.9. The number of aromatic nitrogens is 10. The summed E-state index contributed by atoms with van der Waals surface area (Å²) < 4.78 is 68.9. The number of benzene rings is 2. The smallest absolute Gasteiger partial charge is 0.329 e. The maximum atomic E-state index is 14.9. The molecule has 131 heavy (non-hydrogen) atoms. The van der Waals surface area contributed by atoms with Crippen LogP contribution in [0.4, 0.5) is 17.8 Å². The molecule has 35 heteroatoms. The number of nitrogens with one attached hydrogen (secondary N) is 1. The van der Waals surface area contributed by atoms with Crippen LogP contribution in [0.25, 0.3) is 44.5 Å². The molecule has 7 aromatic rings. The summed E-state index contributed by atoms with van der Waals surface area (Å²) in [6.07, 6.45) is 20.3. The summed E-state index contributed by atoms with van der Waals surface area (Å²) in [4.78, 5) is 113. The van der Waals surface area contributed by atoms with Crippen LogP contribution in [0.3, 0.4) is 0 Å². The molecular weight excluding hydrogens is 1680 g/mol. The van der Waals surface area contributed by atoms with Crippen LogP contribution in [0.1, 0.15) is 156 Å². The van der Waals surface area contributed by atoms with Crippen LogP contribution >= 0.6 is 0 Å². The number of carbonyl (C=O) groups excluding carboxylic acids is 6. The van der Waals surface area contributed by atoms with Gasteiger partial charge in [0.1, 0.15) is 53.5 Å². The molecule has 1 saturated carbocycles. The van der Waals surface area contributed by atoms with Crippen molar-refractivity contribution in [1.82, 2.24) is 64.8 Å². The fraction of sp³-hybridized carbons (Fsp3) is 0.604. The Kier molecular flexibility index (Phi) is 37.5. The summed E-state index contributed by atoms with van der Waals surface area (Å²) >= 11 is 0. The minimum Gasteiger partial charge on any atom is -0.460 e. The third-order valence-corrected chi connectivity index (χ3v) is 25.9. The maximum Gasteiger partial charge on any atom is 0.329 e. The number of ether oxygens (including phenoxy) is 10. The lowest BCUT2D eigenvalue weighted by Crippen LogP contribution is -2.61. The van der Waals surface area contributed by atoms with E-state index in [4.69, 9.17) is 78.3 Å². The van der Waals surface area contributed by atoms with E-state index >= 15 is 0 Å². The number of hydrogen-bond acceptors (Lipinski definition) is 31. The Bertz CT molecular complexity index is 5030. The first-order chi connectivity index (χ1) is 63.3. The number of nitrogen functional groups attached to an aromatic ring is 2. The number of hydrogen-bond donors (Lipinski definition) is 5. The summed E-state index contributed by atoms with van der Waals surface area (Å²) in [5, 5.41) is 41.1. The summed E-state index contributed by atoms with van der Waals surface area (Å²) in [6, 6.07) is 12.6. The zero-order valence-corrected chi connectivity index (χ0v) is 77.5. The minimum absolute atomic E-state index is 0.00993. The zero-order valence-electron chi connectivity index (χ0n) is 77.5. The third-order valence-electron chi connectivity index (χ3n) is 25.9. The van der Waals surface area contributed by atoms with Crippen LogP contribution in [0.2, 0.25) is 0 Å². The lowest BCUT2D eigenvalue weighted by molar-refractivity contribution is -0.265. The number of nitrogens with zero attached hydrogens (tertiary/aromatic N) is 13. The lowest BCUT2D eigenvalue weighted by atomic mass is 9.78. The number of piperazine rings is 1. The van der Waals surface area contributed by atoms with Crippen molar-refractivity contribution in [3.05, 3.63) is 126 Å². The van der Waals surface area contributed by atoms with E-state index in [9.17, 15) is 39.0 Å². The molecule has 5 aliphatic rings. The van der Waals surface area contributed by atoms with Crippen LogP contribution in [0.5, 0.6) is 0 Å². The van der Waals surface area contributed by atoms with Gasteiger partial charge in [0.05, 0.1) is 102 Å². The first-order valence-electron chi connectivity index (χ1n) is 46.4. The second-order valence-electron chi connectivity index (χ2n) is 35.6. The number of aryl methyl sites for hydroxylation is 1. The van der Waals surface area contributed by atoms with Gasteiger partial charge in [0, 0.05) is 140 Å². The molecule has 4 fully saturated rings. The molecule has 3 saturated heterocycles. The number of esters is 1. The number of ketones is 3. The number of carbonyl (C=O) groups is 6. The molecule has 0 radical (unpaired) electrons. The molecule has 5 aromatic heterocycles. The van der Waals surface area contributed by atoms with Crippen molar-refractivity contribution in [2.45, 2.75) is 226 Å². The van der Waals surface area contributed by atoms with Gasteiger partial charge in [-0.25, -0.2) is 34.1 Å². The number of aliphatic hydroxyl groups is 2. The number of nitrogens with two attached hydrogens (primary N) is 2. The van der Waals surface area contributed by atoms with Crippen molar-refractivity contribution in [2.75, 3.05) is 130 Å². The number of amides is 2. The average Bonchev–Trinajstić information content (AvgIpc) is 1.69. The second kappa shape index (κ2) is 49.1. The first kappa shape index (κ1) is 100.0. The Morgan fingerprint density at radius 2 is 1.50 bits per heavy atom. The molecule has 0 spiro atoms. The van der Waals surface area contributed by atoms with Gasteiger partial charge in [-0.15, -0.1) is 5.10 Å². The van der Waals surface area contributed by atoms with Gasteiger partial charge in [0.15, 0.2) is 17.0 Å². The molecule has 2 aromatic carbocycles. The van der Waals surface area contributed by atoms with Crippen molar-refractivity contribution in [2.24, 2.45) is 35.5 Å². The van der Waals surface area contributed by atoms with E-state index in [1.165, 1.54) is 18.3 Å². The van der Waals surface area contributed by atoms with Crippen molar-refractivity contribution >= 4 is 75.0 Å². The monoisotopic (exact) mass is 1820 g/mol. The molecule has 2 bridgehead atoms. The number of aliphatic hydroxyl groups excluding tert-OH is 1. The average molecular weight is 1820 g/mol. The zero-order chi connectivity index (χ0) is 93.1. The summed E-state index contributed by atoms with van der Waals surface area (Å²) in [5.41, 5.74) is 20.2. The Labute approximate surface area is 766 Å². The van der Waals surface area contributed by atoms with Gasteiger partial charge >= 0.3 is 5.97 Å². The largest absolute Gasteiger partial charge is 0.460 e. The summed E-state index contributed by atoms with van der Waals surface area (Å²) in [6.45, 7) is 21.7. The lowest BCUT2D eigenvalue weighted by Gasteiger charge is -2.42. The molecule has 712 valence electrons. The fourth-order valence-electron chi connectivity index (χ4n) is 18.1. The van der Waals surface area contributed by atoms with Crippen molar-refractivity contribution in [1.29, 1.82) is 0 Å². The van der Waals surface area contributed by atoms with E-state index < -0.39 is 77.8 Å². The van der Waals surface area contributed by atoms with Crippen LogP contribution in [0.15, 0.2) is 119 Å². The number of anilines is 3. The van der Waals surface area contributed by atoms with Crippen molar-refractivity contribution in [3.63, 3.8) is 0 Å². The highest BCUT2D eigenvalue weighted by Gasteiger charge is 2.53. The van der Waals surface area contributed by atoms with Gasteiger partial charge in [0.25, 0.3) is 17.7 Å². The molecular formula is C96H134N16O19. The van der Waals surface area contributed by atoms with E-state index in [1.54, 1.807) is 56.5 Å². The van der Waals surface area contributed by atoms with Gasteiger partial charge in [-0.1, -0.05) is 94.5 Å². The van der Waals surface area contributed by atoms with Crippen LogP contribution in [0, 0.1) is 35.5 Å². The van der Waals surface area contributed by atoms with Gasteiger partial charge in [-0.05, 0) is 155 Å². The molecule has 15 atom stereocenters. The number of unbranched alkanes of at least 4 members (excludes halogenated alkanes) is 1. The number of oxazole rings is 1. The molecule has 4 aliphatic heterocycles. The highest BCUT2D eigenvalue weighted by molar-refractivity contribution is 6.39. The van der Waals surface area contributed by atoms with E-state index in [2.05, 4.69) is 46.4 Å². The summed E-state index contributed by atoms with van der Waals surface area (Å²) in [5.74, 6) is -7.40. The summed E-state index contributed by atoms with van der Waals surface area (Å²) in [7, 11) is 4.65. The van der Waals surface area contributed by atoms with E-state index in [0.717, 1.165) is 79.0 Å². The standard InChI is InChI=1S/C96H134N16O19/c1-61-19-12-11-13-20-62(2)80(121-8)53-74-27-24-67(7)96(120,131-74)89(117)92(118)111-32-16-14-23-76(111)93(119)129-81(54-77(113)63(3)48-66(6)87(116)88(123-10)86(115)65(5)47-61)64(4)49-68-25-28-79(82(51-68)122-9)128-59-69-21-18-22-70(50-69)72-55-100-95(101-56-72)109-36-34-108(35-37-109)57-73-58-110(107-105-73)38-40-125-42-44-127-46-45-126-43-41-124-39-30-83(114)99-31-15-17-33-112-91-84(90(97)102-60-103-91)85(106-112)71-26-29-78-75(52-71)104-94(98)130-78/h11-13,18-22,26,29,48,50,52,55-56,58,60-61,63-65,67-68,74,76,79-82,87-88,116,120H,14-17,23-25,27-28,30-47,49,51,53-54,57,59H2,1-10H3,(H2,98,104)(H,99,114)(H2,97,102,103)/b13-11+,19-12+,62-20+,66-48+/t61-,63-,64-,65-,67-,68+,74+,76+,79-,80+,81+,82-,87-,88+,96-/m1/s1. The SMILES string of the molecule is CO[C@H]1C[C@@H]2CC[C@@H](C)[C@@](O)(O2)C(=O)C(=O)N2CCCC[C@H]2C(=O)O[C@H]([C@H](C)C[C@@H]2CC[C@@H](OCc3cccc(-c4cnc(N5CCN(Cc6cn(CCOCCOCCOCCOCCC(=O)NCCCCn7nc(-c8ccc9oc(N)nc9c8)c8c(N)ncnc87)nn6)CC5)nc4)c3)[C@H](OC)C2)CC(=O)[C@H](C)/C=C(\C)[C@@H](O)[C@@H](OC)C(=O)[C@H](C)C[C@H](C)/C=C/C=C/C=C/1C. The number of rotatable bonds is 34. The molecule has 1 aliphatic carbocycles. The van der Waals surface area contributed by atoms with Gasteiger partial charge in [0.2, 0.25) is 17.6 Å². The first-order valence-corrected chi connectivity index (χ1v) is 46.4. The number of Topliss-reactive ketones (excluding diaryl/α,β-unsaturated/α-hetero) is 3. The topological polar surface area (TPSA) is 435 Å². The van der Waals surface area contributed by atoms with E-state index in [1.807, 2.05) is 107 Å². The highest BCUT2D eigenvalue weighted by Crippen LogP contribution is 2.40. The molecule has 12 rings (SSSR count). The number of fused-ring (bicyclic) bond motifs is 5. The predicted molar refractivity (Wildman–Crippen MR) is 490 cm³/mol. The Morgan fingerprint density at radius 1 is 0.748 bits per heavy atom. The van der Waals surface area contributed by atoms with E-state index in [-0.39, 0.29) is 85.9 Å². The normalized spacial score (nSPS) is 26.9. The predicted octanol–water partition coefficient (Wildman–Crippen LogP) is 9.94. The Balaban J connectivity index is 0.540. The second-order valence-corrected chi connectivity index (χ2v) is 35.6. The van der Waals surface area contributed by atoms with Gasteiger partial charge in [-0.3, -0.25) is 28.9 Å². The van der Waals surface area contributed by atoms with Crippen molar-refractivity contribution in [3.8, 4) is 22.4 Å². The van der Waals surface area contributed by atoms with Crippen LogP contribution < -0.4 is 21.7 Å². The number of piperidine rings is 1. The van der Waals surface area contributed by atoms with Crippen LogP contribution in [-0.2, 0) is 102 Å². The number of allylic oxidation sites excluding steroid dienone is 6. The molecule has 0 unspecified atom stereocenters. The quantitative estimate of drug-likeness (QED) is 0.0108. The Morgan fingerprint density at radius 3 is 2.25 bits per heavy atom. The van der Waals surface area contributed by atoms with Gasteiger partial charge in [-0.2, -0.15) is 10.1 Å². The molecule has 9 heterocycles. The number of cyclic esters (lactones) is 1.